The normalized spacial score (nSPS) is 10.1. The van der Waals surface area contributed by atoms with Gasteiger partial charge < -0.3 is 0 Å². The number of carbonyl (C=O) groups is 1. The molecule has 1 nitrogen and oxygen atoms in total. The van der Waals surface area contributed by atoms with Crippen LogP contribution in [0.15, 0.2) is 35.7 Å². The number of rotatable bonds is 2. The summed E-state index contributed by atoms with van der Waals surface area (Å²) in [5.41, 5.74) is 1.54. The second-order valence-electron chi connectivity index (χ2n) is 2.83. The van der Waals surface area contributed by atoms with Crippen LogP contribution in [0.4, 0.5) is 4.39 Å². The van der Waals surface area contributed by atoms with E-state index >= 15 is 0 Å². The van der Waals surface area contributed by atoms with Gasteiger partial charge in [0.2, 0.25) is 0 Å². The maximum atomic E-state index is 12.9. The predicted molar refractivity (Wildman–Crippen MR) is 55.1 cm³/mol. The Hall–Kier alpha value is -1.48. The zero-order chi connectivity index (χ0) is 9.97. The van der Waals surface area contributed by atoms with Crippen molar-refractivity contribution < 1.29 is 9.18 Å². The third kappa shape index (κ3) is 1.59. The Kier molecular flexibility index (Phi) is 2.41. The van der Waals surface area contributed by atoms with Crippen LogP contribution >= 0.6 is 11.3 Å². The Morgan fingerprint density at radius 2 is 2.14 bits per heavy atom. The zero-order valence-electron chi connectivity index (χ0n) is 7.24. The van der Waals surface area contributed by atoms with Crippen molar-refractivity contribution in [2.45, 2.75) is 0 Å². The predicted octanol–water partition coefficient (Wildman–Crippen LogP) is 3.37. The van der Waals surface area contributed by atoms with Crippen LogP contribution in [0.2, 0.25) is 0 Å². The first kappa shape index (κ1) is 9.09. The van der Waals surface area contributed by atoms with Crippen LogP contribution in [0.1, 0.15) is 9.67 Å². The molecule has 0 N–H and O–H groups in total. The molecule has 0 bridgehead atoms. The van der Waals surface area contributed by atoms with Crippen molar-refractivity contribution in [3.05, 3.63) is 46.4 Å². The maximum absolute atomic E-state index is 12.9. The lowest BCUT2D eigenvalue weighted by Gasteiger charge is -1.98. The number of thiophene rings is 1. The summed E-state index contributed by atoms with van der Waals surface area (Å²) in [5, 5.41) is 1.82. The van der Waals surface area contributed by atoms with E-state index in [0.717, 1.165) is 17.4 Å². The van der Waals surface area contributed by atoms with Crippen LogP contribution in [0.5, 0.6) is 0 Å². The lowest BCUT2D eigenvalue weighted by Crippen LogP contribution is -1.81. The lowest BCUT2D eigenvalue weighted by molar-refractivity contribution is 0.112. The van der Waals surface area contributed by atoms with E-state index in [2.05, 4.69) is 0 Å². The summed E-state index contributed by atoms with van der Waals surface area (Å²) in [4.78, 5) is 11.3. The maximum Gasteiger partial charge on any atom is 0.160 e. The standard InChI is InChI=1S/C11H7FOS/c12-9-3-1-2-8(6-9)10-4-5-14-11(10)7-13/h1-7H. The fourth-order valence-corrected chi connectivity index (χ4v) is 2.03. The Morgan fingerprint density at radius 1 is 1.29 bits per heavy atom. The van der Waals surface area contributed by atoms with Crippen molar-refractivity contribution in [3.8, 4) is 11.1 Å². The number of carbonyl (C=O) groups excluding carboxylic acids is 1. The Bertz CT molecular complexity index is 462. The summed E-state index contributed by atoms with van der Waals surface area (Å²) in [6, 6.07) is 8.06. The summed E-state index contributed by atoms with van der Waals surface area (Å²) in [6.07, 6.45) is 0.797. The van der Waals surface area contributed by atoms with Crippen LogP contribution in [-0.2, 0) is 0 Å². The zero-order valence-corrected chi connectivity index (χ0v) is 8.05. The van der Waals surface area contributed by atoms with E-state index in [1.165, 1.54) is 23.5 Å². The average molecular weight is 206 g/mol. The first-order chi connectivity index (χ1) is 6.81. The van der Waals surface area contributed by atoms with Crippen molar-refractivity contribution >= 4 is 17.6 Å². The molecule has 0 aliphatic heterocycles. The minimum absolute atomic E-state index is 0.287. The Labute approximate surface area is 84.8 Å². The third-order valence-electron chi connectivity index (χ3n) is 1.94. The fraction of sp³-hybridized carbons (Fsp3) is 0. The van der Waals surface area contributed by atoms with E-state index in [1.54, 1.807) is 12.1 Å². The highest BCUT2D eigenvalue weighted by atomic mass is 32.1. The minimum Gasteiger partial charge on any atom is -0.297 e. The molecule has 2 rings (SSSR count). The Balaban J connectivity index is 2.54. The van der Waals surface area contributed by atoms with E-state index < -0.39 is 0 Å². The largest absolute Gasteiger partial charge is 0.297 e. The third-order valence-corrected chi connectivity index (χ3v) is 2.78. The monoisotopic (exact) mass is 206 g/mol. The molecule has 0 saturated carbocycles. The molecule has 0 fully saturated rings. The van der Waals surface area contributed by atoms with Crippen molar-refractivity contribution in [1.29, 1.82) is 0 Å². The lowest BCUT2D eigenvalue weighted by atomic mass is 10.1. The topological polar surface area (TPSA) is 17.1 Å². The van der Waals surface area contributed by atoms with E-state index in [4.69, 9.17) is 0 Å². The summed E-state index contributed by atoms with van der Waals surface area (Å²) in [7, 11) is 0. The molecule has 0 spiro atoms. The minimum atomic E-state index is -0.287. The van der Waals surface area contributed by atoms with Crippen molar-refractivity contribution in [3.63, 3.8) is 0 Å². The van der Waals surface area contributed by atoms with Gasteiger partial charge in [-0.1, -0.05) is 12.1 Å². The van der Waals surface area contributed by atoms with Crippen molar-refractivity contribution in [2.75, 3.05) is 0 Å². The quantitative estimate of drug-likeness (QED) is 0.688. The van der Waals surface area contributed by atoms with Gasteiger partial charge in [0.25, 0.3) is 0 Å². The molecule has 1 aromatic carbocycles. The molecule has 0 saturated heterocycles. The highest BCUT2D eigenvalue weighted by molar-refractivity contribution is 7.12. The molecule has 0 aliphatic rings. The second kappa shape index (κ2) is 3.72. The van der Waals surface area contributed by atoms with Crippen LogP contribution in [0, 0.1) is 5.82 Å². The first-order valence-corrected chi connectivity index (χ1v) is 4.98. The molecule has 0 aliphatic carbocycles. The first-order valence-electron chi connectivity index (χ1n) is 4.10. The van der Waals surface area contributed by atoms with Gasteiger partial charge in [0.05, 0.1) is 4.88 Å². The van der Waals surface area contributed by atoms with E-state index in [-0.39, 0.29) is 5.82 Å². The molecule has 2 aromatic rings. The van der Waals surface area contributed by atoms with E-state index in [9.17, 15) is 9.18 Å². The van der Waals surface area contributed by atoms with Gasteiger partial charge in [0, 0.05) is 5.56 Å². The highest BCUT2D eigenvalue weighted by Gasteiger charge is 2.05. The molecule has 70 valence electrons. The number of benzene rings is 1. The molecular formula is C11H7FOS. The van der Waals surface area contributed by atoms with Gasteiger partial charge in [-0.15, -0.1) is 11.3 Å². The van der Waals surface area contributed by atoms with Gasteiger partial charge in [0.15, 0.2) is 6.29 Å². The van der Waals surface area contributed by atoms with Gasteiger partial charge in [-0.2, -0.15) is 0 Å². The summed E-state index contributed by atoms with van der Waals surface area (Å²) in [6.45, 7) is 0. The molecule has 1 aromatic heterocycles. The molecular weight excluding hydrogens is 199 g/mol. The van der Waals surface area contributed by atoms with Crippen LogP contribution in [0.3, 0.4) is 0 Å². The van der Waals surface area contributed by atoms with Crippen molar-refractivity contribution in [1.82, 2.24) is 0 Å². The molecule has 1 heterocycles. The fourth-order valence-electron chi connectivity index (χ4n) is 1.31. The van der Waals surface area contributed by atoms with Gasteiger partial charge in [-0.05, 0) is 29.1 Å². The van der Waals surface area contributed by atoms with Crippen LogP contribution < -0.4 is 0 Å². The summed E-state index contributed by atoms with van der Waals surface area (Å²) in [5.74, 6) is -0.287. The number of halogens is 1. The highest BCUT2D eigenvalue weighted by Crippen LogP contribution is 2.27. The molecule has 0 unspecified atom stereocenters. The van der Waals surface area contributed by atoms with Gasteiger partial charge >= 0.3 is 0 Å². The van der Waals surface area contributed by atoms with Crippen LogP contribution in [0.25, 0.3) is 11.1 Å². The van der Waals surface area contributed by atoms with E-state index in [0.29, 0.717) is 4.88 Å². The second-order valence-corrected chi connectivity index (χ2v) is 3.77. The van der Waals surface area contributed by atoms with Crippen molar-refractivity contribution in [2.24, 2.45) is 0 Å². The number of aldehydes is 1. The van der Waals surface area contributed by atoms with Gasteiger partial charge in [0.1, 0.15) is 5.82 Å². The molecule has 0 amide bonds. The number of hydrogen-bond acceptors (Lipinski definition) is 2. The average Bonchev–Trinajstić information content (AvgIpc) is 2.65. The van der Waals surface area contributed by atoms with Gasteiger partial charge in [-0.3, -0.25) is 4.79 Å². The summed E-state index contributed by atoms with van der Waals surface area (Å²) < 4.78 is 12.9. The molecule has 0 atom stereocenters. The molecule has 14 heavy (non-hydrogen) atoms. The Morgan fingerprint density at radius 3 is 2.86 bits per heavy atom. The SMILES string of the molecule is O=Cc1sccc1-c1cccc(F)c1. The summed E-state index contributed by atoms with van der Waals surface area (Å²) >= 11 is 1.36. The van der Waals surface area contributed by atoms with Crippen LogP contribution in [-0.4, -0.2) is 6.29 Å². The smallest absolute Gasteiger partial charge is 0.160 e. The molecule has 0 radical (unpaired) electrons. The number of hydrogen-bond donors (Lipinski definition) is 0. The van der Waals surface area contributed by atoms with Gasteiger partial charge in [-0.25, -0.2) is 4.39 Å². The van der Waals surface area contributed by atoms with E-state index in [1.807, 2.05) is 11.4 Å². The molecule has 3 heteroatoms.